The van der Waals surface area contributed by atoms with Crippen LogP contribution in [0.1, 0.15) is 74.8 Å². The molecule has 0 aliphatic carbocycles. The van der Waals surface area contributed by atoms with Gasteiger partial charge in [0.05, 0.1) is 74.8 Å². The standard InChI is InChI=1S/C56H68F8N10O9/c1-53(2,55(59,60)61)47(69-51(78)80-5)49(76)68-44(21-33-10-7-32(8-11-33)9-12-34-13-16-46(67-24-34)72-25-37-14-15-38(26-72)74(37)39-30-83-31-39)45(75)28-73(71-50(77)48(70-52(79)81-6)54(3,4)56(62,63)64)27-40-41(57)22-35(23-42(40)58)43(65)17-19-66-36-18-20-82-29-36/h7-8,10-11,13,16-17,19,22-24,36-39,44-45,47-48,65-66,75H,14-15,18,20-21,25-31H2,1-6H3,(H,68,76)(H,69,78)(H,70,79)(H,71,77)/b19-17-,65-43?/t36-,37?,38?,44-,45-,47+,48+/m0/s1. The lowest BCUT2D eigenvalue weighted by molar-refractivity contribution is -0.221. The fourth-order valence-electron chi connectivity index (χ4n) is 10.1. The molecule has 452 valence electrons. The molecule has 4 aliphatic rings. The minimum Gasteiger partial charge on any atom is -0.453 e. The number of hydrazine groups is 1. The normalized spacial score (nSPS) is 20.1. The summed E-state index contributed by atoms with van der Waals surface area (Å²) < 4.78 is 140. The van der Waals surface area contributed by atoms with Crippen LogP contribution in [0.5, 0.6) is 0 Å². The van der Waals surface area contributed by atoms with Gasteiger partial charge in [0.2, 0.25) is 5.91 Å². The molecule has 2 unspecified atom stereocenters. The summed E-state index contributed by atoms with van der Waals surface area (Å²) in [5.41, 5.74) is -4.09. The van der Waals surface area contributed by atoms with E-state index in [2.05, 4.69) is 52.2 Å². The van der Waals surface area contributed by atoms with Crippen LogP contribution in [-0.4, -0.2) is 171 Å². The van der Waals surface area contributed by atoms with Gasteiger partial charge in [-0.3, -0.25) is 19.9 Å². The van der Waals surface area contributed by atoms with Gasteiger partial charge < -0.3 is 55.6 Å². The first-order valence-electron chi connectivity index (χ1n) is 26.7. The number of nitrogens with zero attached hydrogens (tertiary/aromatic N) is 4. The van der Waals surface area contributed by atoms with Crippen molar-refractivity contribution in [3.8, 4) is 11.8 Å². The quantitative estimate of drug-likeness (QED) is 0.0297. The summed E-state index contributed by atoms with van der Waals surface area (Å²) in [7, 11) is 1.65. The summed E-state index contributed by atoms with van der Waals surface area (Å²) in [6.45, 7) is 4.35. The number of carbonyl (C=O) groups is 4. The second-order valence-corrected chi connectivity index (χ2v) is 22.0. The summed E-state index contributed by atoms with van der Waals surface area (Å²) in [4.78, 5) is 62.6. The lowest BCUT2D eigenvalue weighted by Gasteiger charge is -2.47. The molecular formula is C56H68F8N10O9. The van der Waals surface area contributed by atoms with Gasteiger partial charge in [0.25, 0.3) is 5.91 Å². The van der Waals surface area contributed by atoms with Crippen LogP contribution >= 0.6 is 0 Å². The molecule has 5 heterocycles. The molecule has 4 amide bonds. The lowest BCUT2D eigenvalue weighted by Crippen LogP contribution is -2.63. The molecular weight excluding hydrogens is 1110 g/mol. The van der Waals surface area contributed by atoms with E-state index < -0.39 is 108 Å². The fourth-order valence-corrected chi connectivity index (χ4v) is 10.1. The number of alkyl carbamates (subject to hydrolysis) is 2. The average molecular weight is 1180 g/mol. The van der Waals surface area contributed by atoms with Crippen LogP contribution in [0.25, 0.3) is 0 Å². The second kappa shape index (κ2) is 26.6. The highest BCUT2D eigenvalue weighted by Gasteiger charge is 2.57. The Bertz CT molecular complexity index is 2850. The first-order chi connectivity index (χ1) is 39.1. The van der Waals surface area contributed by atoms with Crippen molar-refractivity contribution in [3.05, 3.63) is 106 Å². The van der Waals surface area contributed by atoms with E-state index in [1.165, 1.54) is 24.4 Å². The number of benzene rings is 2. The van der Waals surface area contributed by atoms with Crippen molar-refractivity contribution in [3.63, 3.8) is 0 Å². The van der Waals surface area contributed by atoms with Crippen molar-refractivity contribution >= 4 is 35.5 Å². The molecule has 4 aliphatic heterocycles. The summed E-state index contributed by atoms with van der Waals surface area (Å²) >= 11 is 0. The van der Waals surface area contributed by atoms with E-state index in [0.29, 0.717) is 87.2 Å². The molecule has 1 aromatic heterocycles. The molecule has 7 atom stereocenters. The largest absolute Gasteiger partial charge is 0.453 e. The molecule has 2 aromatic carbocycles. The number of fused-ring (bicyclic) bond motifs is 2. The number of alkyl halides is 6. The van der Waals surface area contributed by atoms with Gasteiger partial charge in [-0.15, -0.1) is 0 Å². The first-order valence-corrected chi connectivity index (χ1v) is 26.7. The fraction of sp³-hybridized carbons (Fsp3) is 0.536. The number of methoxy groups -OCH3 is 2. The maximum atomic E-state index is 16.2. The van der Waals surface area contributed by atoms with Crippen molar-refractivity contribution < 1.29 is 78.4 Å². The molecule has 0 saturated carbocycles. The van der Waals surface area contributed by atoms with Gasteiger partial charge in [-0.2, -0.15) is 26.3 Å². The summed E-state index contributed by atoms with van der Waals surface area (Å²) in [6.07, 6.45) is -8.63. The van der Waals surface area contributed by atoms with Gasteiger partial charge in [0.15, 0.2) is 0 Å². The number of amides is 4. The number of aliphatic hydroxyl groups is 1. The number of hydrogen-bond donors (Lipinski definition) is 7. The van der Waals surface area contributed by atoms with Crippen molar-refractivity contribution in [2.24, 2.45) is 10.8 Å². The average Bonchev–Trinajstić information content (AvgIpc) is 3.44. The molecule has 4 saturated heterocycles. The van der Waals surface area contributed by atoms with Crippen LogP contribution in [0, 0.1) is 39.7 Å². The van der Waals surface area contributed by atoms with E-state index in [9.17, 15) is 50.6 Å². The highest BCUT2D eigenvalue weighted by Crippen LogP contribution is 2.42. The minimum atomic E-state index is -5.20. The van der Waals surface area contributed by atoms with E-state index in [0.717, 1.165) is 71.3 Å². The van der Waals surface area contributed by atoms with Crippen LogP contribution in [-0.2, 0) is 41.5 Å². The maximum absolute atomic E-state index is 16.2. The lowest BCUT2D eigenvalue weighted by atomic mass is 9.82. The van der Waals surface area contributed by atoms with Crippen molar-refractivity contribution in [2.45, 2.75) is 121 Å². The molecule has 3 aromatic rings. The molecule has 4 fully saturated rings. The molecule has 19 nitrogen and oxygen atoms in total. The minimum absolute atomic E-state index is 0.0630. The zero-order chi connectivity index (χ0) is 60.6. The van der Waals surface area contributed by atoms with Gasteiger partial charge in [-0.05, 0) is 108 Å². The van der Waals surface area contributed by atoms with Gasteiger partial charge >= 0.3 is 24.5 Å². The summed E-state index contributed by atoms with van der Waals surface area (Å²) in [5, 5.41) is 30.2. The van der Waals surface area contributed by atoms with Gasteiger partial charge in [0, 0.05) is 73.3 Å². The number of piperazine rings is 1. The van der Waals surface area contributed by atoms with E-state index in [-0.39, 0.29) is 17.3 Å². The van der Waals surface area contributed by atoms with Gasteiger partial charge in [-0.25, -0.2) is 28.4 Å². The number of nitrogens with one attached hydrogen (secondary N) is 6. The second-order valence-electron chi connectivity index (χ2n) is 22.0. The van der Waals surface area contributed by atoms with E-state index in [4.69, 9.17) is 14.9 Å². The number of rotatable bonds is 21. The van der Waals surface area contributed by atoms with E-state index >= 15 is 8.78 Å². The maximum Gasteiger partial charge on any atom is 0.407 e. The third-order valence-electron chi connectivity index (χ3n) is 15.5. The zero-order valence-corrected chi connectivity index (χ0v) is 46.5. The molecule has 2 bridgehead atoms. The Morgan fingerprint density at radius 3 is 1.87 bits per heavy atom. The Labute approximate surface area is 474 Å². The van der Waals surface area contributed by atoms with Crippen LogP contribution < -0.4 is 31.6 Å². The van der Waals surface area contributed by atoms with Crippen molar-refractivity contribution in [2.75, 3.05) is 65.2 Å². The Kier molecular flexibility index (Phi) is 20.4. The predicted octanol–water partition coefficient (Wildman–Crippen LogP) is 5.62. The van der Waals surface area contributed by atoms with Crippen molar-refractivity contribution in [1.29, 1.82) is 5.41 Å². The number of aromatic nitrogens is 1. The molecule has 83 heavy (non-hydrogen) atoms. The Morgan fingerprint density at radius 1 is 0.795 bits per heavy atom. The highest BCUT2D eigenvalue weighted by molar-refractivity contribution is 6.06. The number of hydrogen-bond acceptors (Lipinski definition) is 15. The SMILES string of the molecule is COC(=O)N[C@H](C(=O)N[C@@H](Cc1ccc(C#Cc2ccc(N3CC4CCC(C3)N4C3COC3)nc2)cc1)[C@@H](O)CN(Cc1c(F)cc(C(=N)/C=C\N[C@H]2CCOC2)cc1F)NC(=O)[C@@H](NC(=O)OC)C(C)(C)C(F)(F)F)C(C)(C)C(F)(F)F. The third-order valence-corrected chi connectivity index (χ3v) is 15.5. The topological polar surface area (TPSA) is 232 Å². The van der Waals surface area contributed by atoms with Gasteiger partial charge in [0.1, 0.15) is 29.5 Å². The number of allylic oxidation sites excluding steroid dienone is 1. The smallest absolute Gasteiger partial charge is 0.407 e. The Hall–Kier alpha value is -7.12. The number of halogens is 8. The van der Waals surface area contributed by atoms with E-state index in [1.807, 2.05) is 22.8 Å². The number of carbonyl (C=O) groups excluding carboxylic acids is 4. The van der Waals surface area contributed by atoms with Crippen LogP contribution in [0.4, 0.5) is 50.5 Å². The molecule has 7 N–H and O–H groups in total. The molecule has 7 rings (SSSR count). The molecule has 0 radical (unpaired) electrons. The monoisotopic (exact) mass is 1180 g/mol. The van der Waals surface area contributed by atoms with E-state index in [1.54, 1.807) is 18.3 Å². The number of ether oxygens (including phenoxy) is 4. The van der Waals surface area contributed by atoms with Gasteiger partial charge in [-0.1, -0.05) is 24.0 Å². The summed E-state index contributed by atoms with van der Waals surface area (Å²) in [5.74, 6) is 1.11. The number of anilines is 1. The Morgan fingerprint density at radius 2 is 1.36 bits per heavy atom. The molecule has 27 heteroatoms. The van der Waals surface area contributed by atoms with Crippen LogP contribution in [0.3, 0.4) is 0 Å². The molecule has 0 spiro atoms. The first kappa shape index (κ1) is 63.5. The summed E-state index contributed by atoms with van der Waals surface area (Å²) in [6, 6.07) is 6.03. The predicted molar refractivity (Wildman–Crippen MR) is 285 cm³/mol. The highest BCUT2D eigenvalue weighted by atomic mass is 19.4. The van der Waals surface area contributed by atoms with Crippen LogP contribution in [0.15, 0.2) is 67.0 Å². The Balaban J connectivity index is 1.17. The third kappa shape index (κ3) is 15.6. The number of aliphatic hydroxyl groups excluding tert-OH is 1. The zero-order valence-electron chi connectivity index (χ0n) is 46.5. The van der Waals surface area contributed by atoms with Crippen LogP contribution in [0.2, 0.25) is 0 Å². The van der Waals surface area contributed by atoms with Crippen molar-refractivity contribution in [1.82, 2.24) is 41.6 Å². The number of pyridine rings is 1.